The molecule has 0 unspecified atom stereocenters. The molecule has 0 radical (unpaired) electrons. The Bertz CT molecular complexity index is 1810. The Hall–Kier alpha value is -4.98. The molecule has 40 heavy (non-hydrogen) atoms. The Morgan fingerprint density at radius 1 is 0.975 bits per heavy atom. The molecule has 8 heteroatoms. The number of pyridine rings is 3. The lowest BCUT2D eigenvalue weighted by Crippen LogP contribution is -2.29. The average molecular weight is 527 g/mol. The number of fused-ring (bicyclic) bond motifs is 2. The van der Waals surface area contributed by atoms with Gasteiger partial charge in [0.05, 0.1) is 28.8 Å². The number of aromatic nitrogens is 6. The standard InChI is InChI=1S/C32H30N8/c1-21(16-22-8-4-2-5-9-22)35-24-17-23(19-33-20-24)26-10-11-27-30(36-26)31(39-38-27)28-18-25-29(12-13-34-32(25)37-28)40-14-6-3-7-15-40/h2,4-5,8-13,17-20,35H,1,3,6-7,14-16H2,(H,34,37)(H,38,39). The number of aromatic amines is 2. The molecule has 6 heterocycles. The Morgan fingerprint density at radius 2 is 1.85 bits per heavy atom. The fourth-order valence-corrected chi connectivity index (χ4v) is 5.54. The van der Waals surface area contributed by atoms with Crippen molar-refractivity contribution >= 4 is 33.4 Å². The Balaban J connectivity index is 1.19. The van der Waals surface area contributed by atoms with Gasteiger partial charge in [-0.3, -0.25) is 10.1 Å². The number of hydrogen-bond donors (Lipinski definition) is 3. The second-order valence-corrected chi connectivity index (χ2v) is 10.3. The van der Waals surface area contributed by atoms with Crippen LogP contribution >= 0.6 is 0 Å². The minimum atomic E-state index is 0.743. The van der Waals surface area contributed by atoms with E-state index in [0.717, 1.165) is 75.6 Å². The van der Waals surface area contributed by atoms with Crippen molar-refractivity contribution in [3.05, 3.63) is 97.1 Å². The normalized spacial score (nSPS) is 13.7. The van der Waals surface area contributed by atoms with Gasteiger partial charge >= 0.3 is 0 Å². The molecule has 6 aromatic rings. The molecular formula is C32H30N8. The SMILES string of the molecule is C=C(Cc1ccccc1)Nc1cncc(-c2ccc3[nH]nc(-c4cc5c(N6CCCCC6)ccnc5[nH]4)c3n2)c1. The summed E-state index contributed by atoms with van der Waals surface area (Å²) in [5, 5.41) is 12.3. The Morgan fingerprint density at radius 3 is 2.73 bits per heavy atom. The fourth-order valence-electron chi connectivity index (χ4n) is 5.54. The van der Waals surface area contributed by atoms with Gasteiger partial charge in [0.2, 0.25) is 0 Å². The molecule has 0 amide bonds. The van der Waals surface area contributed by atoms with Crippen molar-refractivity contribution in [1.82, 2.24) is 30.1 Å². The van der Waals surface area contributed by atoms with Gasteiger partial charge in [0.15, 0.2) is 0 Å². The van der Waals surface area contributed by atoms with Crippen LogP contribution in [0.1, 0.15) is 24.8 Å². The third-order valence-corrected chi connectivity index (χ3v) is 7.48. The quantitative estimate of drug-likeness (QED) is 0.214. The highest BCUT2D eigenvalue weighted by atomic mass is 15.1. The highest BCUT2D eigenvalue weighted by Gasteiger charge is 2.19. The Labute approximate surface area is 232 Å². The monoisotopic (exact) mass is 526 g/mol. The Kier molecular flexibility index (Phi) is 6.20. The molecule has 0 bridgehead atoms. The lowest BCUT2D eigenvalue weighted by molar-refractivity contribution is 0.579. The summed E-state index contributed by atoms with van der Waals surface area (Å²) in [5.74, 6) is 0. The molecule has 0 spiro atoms. The van der Waals surface area contributed by atoms with Crippen LogP contribution in [0.4, 0.5) is 11.4 Å². The number of allylic oxidation sites excluding steroid dienone is 1. The number of H-pyrrole nitrogens is 2. The van der Waals surface area contributed by atoms with Gasteiger partial charge in [-0.2, -0.15) is 5.10 Å². The van der Waals surface area contributed by atoms with Gasteiger partial charge in [0, 0.05) is 54.2 Å². The van der Waals surface area contributed by atoms with Crippen LogP contribution in [0.15, 0.2) is 91.5 Å². The van der Waals surface area contributed by atoms with Gasteiger partial charge in [-0.05, 0) is 55.2 Å². The van der Waals surface area contributed by atoms with E-state index in [0.29, 0.717) is 0 Å². The van der Waals surface area contributed by atoms with E-state index in [2.05, 4.69) is 72.3 Å². The van der Waals surface area contributed by atoms with Crippen LogP contribution in [0.2, 0.25) is 0 Å². The van der Waals surface area contributed by atoms with Crippen molar-refractivity contribution < 1.29 is 0 Å². The van der Waals surface area contributed by atoms with Crippen LogP contribution in [0.3, 0.4) is 0 Å². The number of nitrogens with one attached hydrogen (secondary N) is 3. The van der Waals surface area contributed by atoms with Crippen molar-refractivity contribution in [1.29, 1.82) is 0 Å². The molecule has 1 saturated heterocycles. The molecule has 8 nitrogen and oxygen atoms in total. The lowest BCUT2D eigenvalue weighted by atomic mass is 10.1. The van der Waals surface area contributed by atoms with E-state index in [1.54, 1.807) is 6.20 Å². The first-order valence-corrected chi connectivity index (χ1v) is 13.7. The predicted octanol–water partition coefficient (Wildman–Crippen LogP) is 6.72. The average Bonchev–Trinajstić information content (AvgIpc) is 3.62. The molecule has 7 rings (SSSR count). The van der Waals surface area contributed by atoms with E-state index >= 15 is 0 Å². The molecule has 1 aliphatic heterocycles. The van der Waals surface area contributed by atoms with E-state index in [-0.39, 0.29) is 0 Å². The topological polar surface area (TPSA) is 98.4 Å². The van der Waals surface area contributed by atoms with Crippen LogP contribution in [0.5, 0.6) is 0 Å². The minimum absolute atomic E-state index is 0.743. The van der Waals surface area contributed by atoms with Gasteiger partial charge in [-0.1, -0.05) is 36.9 Å². The number of hydrogen-bond acceptors (Lipinski definition) is 6. The summed E-state index contributed by atoms with van der Waals surface area (Å²) in [6.07, 6.45) is 10.0. The molecule has 1 aromatic carbocycles. The van der Waals surface area contributed by atoms with Crippen molar-refractivity contribution in [2.45, 2.75) is 25.7 Å². The molecule has 0 atom stereocenters. The second-order valence-electron chi connectivity index (χ2n) is 10.3. The third-order valence-electron chi connectivity index (χ3n) is 7.48. The van der Waals surface area contributed by atoms with Crippen LogP contribution in [0, 0.1) is 0 Å². The van der Waals surface area contributed by atoms with Crippen molar-refractivity contribution in [3.63, 3.8) is 0 Å². The van der Waals surface area contributed by atoms with Gasteiger partial charge < -0.3 is 15.2 Å². The first kappa shape index (κ1) is 24.1. The van der Waals surface area contributed by atoms with Crippen LogP contribution < -0.4 is 10.2 Å². The van der Waals surface area contributed by atoms with E-state index in [9.17, 15) is 0 Å². The summed E-state index contributed by atoms with van der Waals surface area (Å²) in [5.41, 5.74) is 10.2. The number of rotatable bonds is 7. The zero-order chi connectivity index (χ0) is 26.9. The number of piperidine rings is 1. The minimum Gasteiger partial charge on any atom is -0.371 e. The summed E-state index contributed by atoms with van der Waals surface area (Å²) in [7, 11) is 0. The molecular weight excluding hydrogens is 496 g/mol. The third kappa shape index (κ3) is 4.68. The first-order chi connectivity index (χ1) is 19.7. The first-order valence-electron chi connectivity index (χ1n) is 13.7. The van der Waals surface area contributed by atoms with Crippen molar-refractivity contribution in [3.8, 4) is 22.6 Å². The fraction of sp³-hybridized carbons (Fsp3) is 0.188. The maximum atomic E-state index is 5.02. The highest BCUT2D eigenvalue weighted by Crippen LogP contribution is 2.34. The van der Waals surface area contributed by atoms with Gasteiger partial charge in [-0.15, -0.1) is 0 Å². The van der Waals surface area contributed by atoms with Crippen molar-refractivity contribution in [2.75, 3.05) is 23.3 Å². The molecule has 1 aliphatic rings. The van der Waals surface area contributed by atoms with Gasteiger partial charge in [-0.25, -0.2) is 9.97 Å². The number of benzene rings is 1. The van der Waals surface area contributed by atoms with E-state index in [1.165, 1.54) is 30.5 Å². The largest absolute Gasteiger partial charge is 0.371 e. The van der Waals surface area contributed by atoms with Crippen molar-refractivity contribution in [2.24, 2.45) is 0 Å². The molecule has 1 fully saturated rings. The van der Waals surface area contributed by atoms with E-state index in [1.807, 2.05) is 42.7 Å². The number of anilines is 2. The van der Waals surface area contributed by atoms with Crippen LogP contribution in [0.25, 0.3) is 44.7 Å². The summed E-state index contributed by atoms with van der Waals surface area (Å²) in [4.78, 5) is 20.0. The van der Waals surface area contributed by atoms with E-state index < -0.39 is 0 Å². The maximum absolute atomic E-state index is 5.02. The van der Waals surface area contributed by atoms with Gasteiger partial charge in [0.25, 0.3) is 0 Å². The van der Waals surface area contributed by atoms with Crippen LogP contribution in [-0.4, -0.2) is 43.2 Å². The number of nitrogens with zero attached hydrogens (tertiary/aromatic N) is 5. The molecule has 0 aliphatic carbocycles. The maximum Gasteiger partial charge on any atom is 0.139 e. The zero-order valence-corrected chi connectivity index (χ0v) is 22.2. The van der Waals surface area contributed by atoms with E-state index in [4.69, 9.17) is 4.98 Å². The summed E-state index contributed by atoms with van der Waals surface area (Å²) in [6.45, 7) is 6.36. The smallest absolute Gasteiger partial charge is 0.139 e. The van der Waals surface area contributed by atoms with Crippen LogP contribution in [-0.2, 0) is 6.42 Å². The summed E-state index contributed by atoms with van der Waals surface area (Å²) in [6, 6.07) is 20.6. The second kappa shape index (κ2) is 10.3. The zero-order valence-electron chi connectivity index (χ0n) is 22.2. The summed E-state index contributed by atoms with van der Waals surface area (Å²) < 4.78 is 0. The molecule has 198 valence electrons. The summed E-state index contributed by atoms with van der Waals surface area (Å²) >= 11 is 0. The predicted molar refractivity (Wildman–Crippen MR) is 161 cm³/mol. The lowest BCUT2D eigenvalue weighted by Gasteiger charge is -2.29. The van der Waals surface area contributed by atoms with Gasteiger partial charge in [0.1, 0.15) is 16.9 Å². The molecule has 5 aromatic heterocycles. The highest BCUT2D eigenvalue weighted by molar-refractivity contribution is 5.97. The molecule has 3 N–H and O–H groups in total. The molecule has 0 saturated carbocycles.